The summed E-state index contributed by atoms with van der Waals surface area (Å²) in [4.78, 5) is 24.3. The fourth-order valence-electron chi connectivity index (χ4n) is 2.06. The van der Waals surface area contributed by atoms with Gasteiger partial charge in [-0.1, -0.05) is 0 Å². The van der Waals surface area contributed by atoms with E-state index in [4.69, 9.17) is 0 Å². The van der Waals surface area contributed by atoms with Crippen LogP contribution in [0.3, 0.4) is 0 Å². The van der Waals surface area contributed by atoms with Crippen LogP contribution in [-0.2, 0) is 0 Å². The molecule has 2 heterocycles. The molecule has 1 saturated heterocycles. The molecule has 0 atom stereocenters. The Kier molecular flexibility index (Phi) is 3.00. The minimum atomic E-state index is 0.0751. The second kappa shape index (κ2) is 4.80. The lowest BCUT2D eigenvalue weighted by molar-refractivity contribution is 0.193. The summed E-state index contributed by atoms with van der Waals surface area (Å²) in [6.45, 7) is 3.05. The Balaban J connectivity index is 1.53. The molecule has 3 rings (SSSR count). The van der Waals surface area contributed by atoms with Crippen molar-refractivity contribution in [1.29, 1.82) is 0 Å². The van der Waals surface area contributed by atoms with Gasteiger partial charge in [0, 0.05) is 44.6 Å². The van der Waals surface area contributed by atoms with Crippen molar-refractivity contribution >= 4 is 12.0 Å². The molecule has 0 bridgehead atoms. The van der Waals surface area contributed by atoms with Gasteiger partial charge in [0.1, 0.15) is 0 Å². The largest absolute Gasteiger partial charge is 0.337 e. The minimum absolute atomic E-state index is 0.0751. The molecule has 1 aliphatic heterocycles. The van der Waals surface area contributed by atoms with Crippen LogP contribution < -0.4 is 10.2 Å². The van der Waals surface area contributed by atoms with Gasteiger partial charge in [0.2, 0.25) is 5.95 Å². The maximum atomic E-state index is 11.9. The molecule has 0 spiro atoms. The molecular weight excluding hydrogens is 230 g/mol. The zero-order valence-electron chi connectivity index (χ0n) is 10.2. The van der Waals surface area contributed by atoms with E-state index in [0.717, 1.165) is 45.0 Å². The van der Waals surface area contributed by atoms with Crippen molar-refractivity contribution < 1.29 is 4.79 Å². The lowest BCUT2D eigenvalue weighted by atomic mass is 10.3. The van der Waals surface area contributed by atoms with Crippen LogP contribution in [0.4, 0.5) is 10.7 Å². The van der Waals surface area contributed by atoms with Crippen molar-refractivity contribution in [3.8, 4) is 0 Å². The van der Waals surface area contributed by atoms with Crippen molar-refractivity contribution in [3.05, 3.63) is 18.5 Å². The average Bonchev–Trinajstić information content (AvgIpc) is 3.24. The predicted molar refractivity (Wildman–Crippen MR) is 67.4 cm³/mol. The third-order valence-electron chi connectivity index (χ3n) is 3.31. The van der Waals surface area contributed by atoms with Gasteiger partial charge < -0.3 is 15.1 Å². The number of rotatable bonds is 2. The third-order valence-corrected chi connectivity index (χ3v) is 3.31. The maximum Gasteiger partial charge on any atom is 0.317 e. The van der Waals surface area contributed by atoms with Gasteiger partial charge in [-0.25, -0.2) is 14.8 Å². The highest BCUT2D eigenvalue weighted by Crippen LogP contribution is 2.19. The Hall–Kier alpha value is -1.85. The van der Waals surface area contributed by atoms with Gasteiger partial charge in [0.15, 0.2) is 0 Å². The van der Waals surface area contributed by atoms with Crippen molar-refractivity contribution in [2.24, 2.45) is 0 Å². The van der Waals surface area contributed by atoms with E-state index in [1.165, 1.54) is 0 Å². The molecule has 0 unspecified atom stereocenters. The molecule has 96 valence electrons. The van der Waals surface area contributed by atoms with Crippen molar-refractivity contribution in [2.45, 2.75) is 18.9 Å². The molecule has 1 aromatic rings. The van der Waals surface area contributed by atoms with E-state index in [2.05, 4.69) is 20.2 Å². The first-order valence-electron chi connectivity index (χ1n) is 6.40. The summed E-state index contributed by atoms with van der Waals surface area (Å²) in [7, 11) is 0. The van der Waals surface area contributed by atoms with E-state index in [0.29, 0.717) is 6.04 Å². The van der Waals surface area contributed by atoms with Gasteiger partial charge in [-0.3, -0.25) is 0 Å². The molecule has 2 fully saturated rings. The zero-order chi connectivity index (χ0) is 12.4. The molecule has 0 radical (unpaired) electrons. The van der Waals surface area contributed by atoms with E-state index in [1.54, 1.807) is 12.4 Å². The number of hydrogen-bond acceptors (Lipinski definition) is 4. The highest BCUT2D eigenvalue weighted by atomic mass is 16.2. The fraction of sp³-hybridized carbons (Fsp3) is 0.583. The Bertz CT molecular complexity index is 412. The van der Waals surface area contributed by atoms with Crippen LogP contribution in [0.1, 0.15) is 12.8 Å². The Labute approximate surface area is 106 Å². The van der Waals surface area contributed by atoms with Crippen molar-refractivity contribution in [1.82, 2.24) is 20.2 Å². The average molecular weight is 247 g/mol. The lowest BCUT2D eigenvalue weighted by Crippen LogP contribution is -2.52. The van der Waals surface area contributed by atoms with E-state index in [1.807, 2.05) is 11.0 Å². The van der Waals surface area contributed by atoms with Crippen LogP contribution in [0.2, 0.25) is 0 Å². The zero-order valence-corrected chi connectivity index (χ0v) is 10.2. The smallest absolute Gasteiger partial charge is 0.317 e. The molecule has 0 aromatic carbocycles. The van der Waals surface area contributed by atoms with Crippen molar-refractivity contribution in [3.63, 3.8) is 0 Å². The lowest BCUT2D eigenvalue weighted by Gasteiger charge is -2.34. The van der Waals surface area contributed by atoms with Gasteiger partial charge in [-0.15, -0.1) is 0 Å². The Morgan fingerprint density at radius 3 is 2.44 bits per heavy atom. The van der Waals surface area contributed by atoms with Crippen LogP contribution in [0, 0.1) is 0 Å². The van der Waals surface area contributed by atoms with Crippen LogP contribution in [0.25, 0.3) is 0 Å². The highest BCUT2D eigenvalue weighted by molar-refractivity contribution is 5.75. The molecule has 2 aliphatic rings. The standard InChI is InChI=1S/C12H17N5O/c18-12(15-10-2-3-10)17-8-6-16(7-9-17)11-13-4-1-5-14-11/h1,4-5,10H,2-3,6-9H2,(H,15,18). The summed E-state index contributed by atoms with van der Waals surface area (Å²) in [5.74, 6) is 0.750. The minimum Gasteiger partial charge on any atom is -0.337 e. The van der Waals surface area contributed by atoms with Gasteiger partial charge in [-0.2, -0.15) is 0 Å². The molecule has 2 amide bonds. The van der Waals surface area contributed by atoms with E-state index in [9.17, 15) is 4.79 Å². The summed E-state index contributed by atoms with van der Waals surface area (Å²) in [6.07, 6.45) is 5.75. The molecule has 1 aromatic heterocycles. The van der Waals surface area contributed by atoms with E-state index in [-0.39, 0.29) is 6.03 Å². The Morgan fingerprint density at radius 2 is 1.83 bits per heavy atom. The van der Waals surface area contributed by atoms with E-state index >= 15 is 0 Å². The first kappa shape index (κ1) is 11.3. The summed E-state index contributed by atoms with van der Waals surface area (Å²) in [5.41, 5.74) is 0. The molecule has 6 heteroatoms. The number of piperazine rings is 1. The topological polar surface area (TPSA) is 61.4 Å². The number of carbonyl (C=O) groups excluding carboxylic acids is 1. The fourth-order valence-corrected chi connectivity index (χ4v) is 2.06. The third kappa shape index (κ3) is 2.52. The number of carbonyl (C=O) groups is 1. The molecule has 1 N–H and O–H groups in total. The number of aromatic nitrogens is 2. The van der Waals surface area contributed by atoms with Gasteiger partial charge in [-0.05, 0) is 18.9 Å². The van der Waals surface area contributed by atoms with Crippen LogP contribution in [-0.4, -0.2) is 53.1 Å². The number of hydrogen-bond donors (Lipinski definition) is 1. The summed E-state index contributed by atoms with van der Waals surface area (Å²) in [5, 5.41) is 3.02. The normalized spacial score (nSPS) is 19.8. The molecular formula is C12H17N5O. The quantitative estimate of drug-likeness (QED) is 0.825. The number of anilines is 1. The van der Waals surface area contributed by atoms with Crippen LogP contribution in [0.5, 0.6) is 0 Å². The summed E-state index contributed by atoms with van der Waals surface area (Å²) in [6, 6.07) is 2.31. The van der Waals surface area contributed by atoms with E-state index < -0.39 is 0 Å². The van der Waals surface area contributed by atoms with Crippen molar-refractivity contribution in [2.75, 3.05) is 31.1 Å². The molecule has 18 heavy (non-hydrogen) atoms. The first-order valence-corrected chi connectivity index (χ1v) is 6.40. The number of nitrogens with zero attached hydrogens (tertiary/aromatic N) is 4. The second-order valence-electron chi connectivity index (χ2n) is 4.75. The molecule has 1 saturated carbocycles. The highest BCUT2D eigenvalue weighted by Gasteiger charge is 2.28. The number of nitrogens with one attached hydrogen (secondary N) is 1. The SMILES string of the molecule is O=C(NC1CC1)N1CCN(c2ncccn2)CC1. The summed E-state index contributed by atoms with van der Waals surface area (Å²) < 4.78 is 0. The van der Waals surface area contributed by atoms with Gasteiger partial charge in [0.25, 0.3) is 0 Å². The molecule has 6 nitrogen and oxygen atoms in total. The predicted octanol–water partition coefficient (Wildman–Crippen LogP) is 0.471. The second-order valence-corrected chi connectivity index (χ2v) is 4.75. The Morgan fingerprint density at radius 1 is 1.17 bits per heavy atom. The number of urea groups is 1. The molecule has 1 aliphatic carbocycles. The maximum absolute atomic E-state index is 11.9. The van der Waals surface area contributed by atoms with Gasteiger partial charge >= 0.3 is 6.03 Å². The summed E-state index contributed by atoms with van der Waals surface area (Å²) >= 11 is 0. The van der Waals surface area contributed by atoms with Crippen LogP contribution >= 0.6 is 0 Å². The van der Waals surface area contributed by atoms with Crippen LogP contribution in [0.15, 0.2) is 18.5 Å². The monoisotopic (exact) mass is 247 g/mol. The van der Waals surface area contributed by atoms with Gasteiger partial charge in [0.05, 0.1) is 0 Å². The first-order chi connectivity index (χ1) is 8.83. The number of amides is 2.